The maximum atomic E-state index is 6.35. The van der Waals surface area contributed by atoms with E-state index in [9.17, 15) is 0 Å². The molecular formula is C16H23ClO. The molecule has 3 atom stereocenters. The predicted octanol–water partition coefficient (Wildman–Crippen LogP) is 4.79. The van der Waals surface area contributed by atoms with Crippen LogP contribution in [-0.2, 0) is 0 Å². The fraction of sp³-hybridized carbons (Fsp3) is 0.625. The van der Waals surface area contributed by atoms with Gasteiger partial charge in [0.15, 0.2) is 0 Å². The lowest BCUT2D eigenvalue weighted by molar-refractivity contribution is -0.0302. The van der Waals surface area contributed by atoms with Gasteiger partial charge in [-0.1, -0.05) is 26.0 Å². The summed E-state index contributed by atoms with van der Waals surface area (Å²) in [5, 5.41) is 0.248. The summed E-state index contributed by atoms with van der Waals surface area (Å²) < 4.78 is 6.29. The van der Waals surface area contributed by atoms with Crippen LogP contribution < -0.4 is 4.74 Å². The summed E-state index contributed by atoms with van der Waals surface area (Å²) in [4.78, 5) is 0. The number of halogens is 1. The molecule has 1 saturated carbocycles. The molecule has 1 aromatic carbocycles. The standard InChI is InChI=1S/C16H23ClO/c1-6-16(5)13(17)9-14(16)18-15-11(3)8-7-10(2)12(15)4/h7-8,13-14H,6,9H2,1-5H3. The van der Waals surface area contributed by atoms with Crippen molar-refractivity contribution < 1.29 is 4.74 Å². The van der Waals surface area contributed by atoms with Crippen LogP contribution in [0.4, 0.5) is 0 Å². The van der Waals surface area contributed by atoms with Crippen molar-refractivity contribution in [3.05, 3.63) is 28.8 Å². The second-order valence-electron chi connectivity index (χ2n) is 5.82. The van der Waals surface area contributed by atoms with Gasteiger partial charge in [0.25, 0.3) is 0 Å². The molecule has 1 nitrogen and oxygen atoms in total. The van der Waals surface area contributed by atoms with Gasteiger partial charge in [-0.3, -0.25) is 0 Å². The Balaban J connectivity index is 2.24. The van der Waals surface area contributed by atoms with Crippen molar-refractivity contribution in [3.8, 4) is 5.75 Å². The quantitative estimate of drug-likeness (QED) is 0.715. The van der Waals surface area contributed by atoms with Crippen LogP contribution in [0, 0.1) is 26.2 Å². The van der Waals surface area contributed by atoms with Crippen LogP contribution in [-0.4, -0.2) is 11.5 Å². The van der Waals surface area contributed by atoms with E-state index in [0.717, 1.165) is 18.6 Å². The van der Waals surface area contributed by atoms with Crippen LogP contribution in [0.5, 0.6) is 5.75 Å². The third kappa shape index (κ3) is 2.03. The van der Waals surface area contributed by atoms with E-state index in [2.05, 4.69) is 46.8 Å². The Morgan fingerprint density at radius 3 is 2.44 bits per heavy atom. The smallest absolute Gasteiger partial charge is 0.125 e. The molecule has 1 aliphatic rings. The van der Waals surface area contributed by atoms with E-state index in [-0.39, 0.29) is 16.9 Å². The summed E-state index contributed by atoms with van der Waals surface area (Å²) >= 11 is 6.35. The molecule has 100 valence electrons. The first-order chi connectivity index (χ1) is 8.40. The minimum Gasteiger partial charge on any atom is -0.489 e. The minimum absolute atomic E-state index is 0.115. The van der Waals surface area contributed by atoms with E-state index >= 15 is 0 Å². The summed E-state index contributed by atoms with van der Waals surface area (Å²) in [6, 6.07) is 4.29. The summed E-state index contributed by atoms with van der Waals surface area (Å²) in [5.41, 5.74) is 3.88. The van der Waals surface area contributed by atoms with Crippen molar-refractivity contribution in [1.82, 2.24) is 0 Å². The first-order valence-corrected chi connectivity index (χ1v) is 7.21. The topological polar surface area (TPSA) is 9.23 Å². The number of rotatable bonds is 3. The zero-order chi connectivity index (χ0) is 13.5. The van der Waals surface area contributed by atoms with Gasteiger partial charge >= 0.3 is 0 Å². The van der Waals surface area contributed by atoms with E-state index in [4.69, 9.17) is 16.3 Å². The van der Waals surface area contributed by atoms with Crippen LogP contribution in [0.3, 0.4) is 0 Å². The van der Waals surface area contributed by atoms with E-state index in [1.54, 1.807) is 0 Å². The Morgan fingerprint density at radius 2 is 1.89 bits per heavy atom. The van der Waals surface area contributed by atoms with Gasteiger partial charge in [-0.25, -0.2) is 0 Å². The third-order valence-corrected chi connectivity index (χ3v) is 5.44. The van der Waals surface area contributed by atoms with Crippen molar-refractivity contribution in [2.24, 2.45) is 5.41 Å². The molecule has 0 N–H and O–H groups in total. The summed E-state index contributed by atoms with van der Waals surface area (Å²) in [7, 11) is 0. The normalized spacial score (nSPS) is 31.0. The molecule has 0 spiro atoms. The Hall–Kier alpha value is -0.690. The molecule has 18 heavy (non-hydrogen) atoms. The monoisotopic (exact) mass is 266 g/mol. The predicted molar refractivity (Wildman–Crippen MR) is 77.7 cm³/mol. The van der Waals surface area contributed by atoms with Gasteiger partial charge in [0.1, 0.15) is 11.9 Å². The van der Waals surface area contributed by atoms with Gasteiger partial charge in [-0.05, 0) is 43.9 Å². The second kappa shape index (κ2) is 4.77. The average molecular weight is 267 g/mol. The van der Waals surface area contributed by atoms with Crippen molar-refractivity contribution in [1.29, 1.82) is 0 Å². The highest BCUT2D eigenvalue weighted by Gasteiger charge is 2.51. The summed E-state index contributed by atoms with van der Waals surface area (Å²) in [6.45, 7) is 10.8. The molecule has 0 bridgehead atoms. The molecule has 0 heterocycles. The Labute approximate surface area is 115 Å². The number of benzene rings is 1. The lowest BCUT2D eigenvalue weighted by Gasteiger charge is -2.50. The summed E-state index contributed by atoms with van der Waals surface area (Å²) in [6.07, 6.45) is 2.28. The molecule has 0 radical (unpaired) electrons. The Bertz CT molecular complexity index is 455. The Morgan fingerprint density at radius 1 is 1.28 bits per heavy atom. The third-order valence-electron chi connectivity index (χ3n) is 4.77. The van der Waals surface area contributed by atoms with Crippen LogP contribution >= 0.6 is 11.6 Å². The first-order valence-electron chi connectivity index (χ1n) is 6.77. The van der Waals surface area contributed by atoms with Gasteiger partial charge in [0, 0.05) is 17.2 Å². The zero-order valence-corrected chi connectivity index (χ0v) is 12.8. The molecule has 0 saturated heterocycles. The largest absolute Gasteiger partial charge is 0.489 e. The number of ether oxygens (including phenoxy) is 1. The van der Waals surface area contributed by atoms with Gasteiger partial charge in [-0.2, -0.15) is 0 Å². The van der Waals surface area contributed by atoms with E-state index in [1.165, 1.54) is 16.7 Å². The molecule has 1 fully saturated rings. The highest BCUT2D eigenvalue weighted by Crippen LogP contribution is 2.49. The van der Waals surface area contributed by atoms with Crippen molar-refractivity contribution in [2.75, 3.05) is 0 Å². The highest BCUT2D eigenvalue weighted by atomic mass is 35.5. The number of hydrogen-bond donors (Lipinski definition) is 0. The molecule has 1 aliphatic carbocycles. The van der Waals surface area contributed by atoms with Crippen molar-refractivity contribution in [2.45, 2.75) is 58.9 Å². The lowest BCUT2D eigenvalue weighted by Crippen LogP contribution is -2.55. The van der Waals surface area contributed by atoms with Gasteiger partial charge in [0.2, 0.25) is 0 Å². The molecule has 0 aliphatic heterocycles. The van der Waals surface area contributed by atoms with E-state index < -0.39 is 0 Å². The molecule has 1 aromatic rings. The maximum Gasteiger partial charge on any atom is 0.125 e. The van der Waals surface area contributed by atoms with E-state index in [1.807, 2.05) is 0 Å². The SMILES string of the molecule is CCC1(C)C(Cl)CC1Oc1c(C)ccc(C)c1C. The summed E-state index contributed by atoms with van der Waals surface area (Å²) in [5.74, 6) is 1.06. The number of aryl methyl sites for hydroxylation is 2. The van der Waals surface area contributed by atoms with Crippen LogP contribution in [0.2, 0.25) is 0 Å². The maximum absolute atomic E-state index is 6.35. The highest BCUT2D eigenvalue weighted by molar-refractivity contribution is 6.21. The van der Waals surface area contributed by atoms with Crippen LogP contribution in [0.25, 0.3) is 0 Å². The zero-order valence-electron chi connectivity index (χ0n) is 12.0. The van der Waals surface area contributed by atoms with Gasteiger partial charge in [0.05, 0.1) is 0 Å². The molecule has 3 unspecified atom stereocenters. The minimum atomic E-state index is 0.115. The number of alkyl halides is 1. The fourth-order valence-electron chi connectivity index (χ4n) is 2.65. The van der Waals surface area contributed by atoms with Gasteiger partial charge in [-0.15, -0.1) is 11.6 Å². The van der Waals surface area contributed by atoms with E-state index in [0.29, 0.717) is 0 Å². The first kappa shape index (κ1) is 13.7. The Kier molecular flexibility index (Phi) is 3.64. The fourth-order valence-corrected chi connectivity index (χ4v) is 3.11. The van der Waals surface area contributed by atoms with Crippen LogP contribution in [0.1, 0.15) is 43.4 Å². The molecule has 2 heteroatoms. The molecular weight excluding hydrogens is 244 g/mol. The van der Waals surface area contributed by atoms with Gasteiger partial charge < -0.3 is 4.74 Å². The van der Waals surface area contributed by atoms with Crippen molar-refractivity contribution >= 4 is 11.6 Å². The molecule has 2 rings (SSSR count). The molecule has 0 amide bonds. The van der Waals surface area contributed by atoms with Crippen LogP contribution in [0.15, 0.2) is 12.1 Å². The van der Waals surface area contributed by atoms with Crippen molar-refractivity contribution in [3.63, 3.8) is 0 Å². The number of hydrogen-bond acceptors (Lipinski definition) is 1. The molecule has 0 aromatic heterocycles. The second-order valence-corrected chi connectivity index (χ2v) is 6.35. The average Bonchev–Trinajstić information content (AvgIpc) is 2.36. The lowest BCUT2D eigenvalue weighted by atomic mass is 9.65.